The third-order valence-electron chi connectivity index (χ3n) is 7.65. The number of aliphatic carboxylic acids is 1. The fourth-order valence-corrected chi connectivity index (χ4v) is 16.8. The van der Waals surface area contributed by atoms with E-state index >= 15 is 0 Å². The molecule has 1 unspecified atom stereocenters. The first-order chi connectivity index (χ1) is 17.7. The monoisotopic (exact) mass is 571 g/mol. The van der Waals surface area contributed by atoms with Crippen molar-refractivity contribution in [3.63, 3.8) is 0 Å². The molecule has 11 nitrogen and oxygen atoms in total. The van der Waals surface area contributed by atoms with Crippen LogP contribution in [0.2, 0.25) is 22.2 Å². The van der Waals surface area contributed by atoms with Crippen LogP contribution in [0.15, 0.2) is 15.8 Å². The van der Waals surface area contributed by atoms with Gasteiger partial charge in [-0.05, 0) is 29.1 Å². The summed E-state index contributed by atoms with van der Waals surface area (Å²) >= 11 is 0. The van der Waals surface area contributed by atoms with E-state index in [1.54, 1.807) is 6.92 Å². The summed E-state index contributed by atoms with van der Waals surface area (Å²) in [5, 5.41) is 11.1. The summed E-state index contributed by atoms with van der Waals surface area (Å²) in [7, 11) is -5.85. The number of fused-ring (bicyclic) bond motifs is 1. The lowest BCUT2D eigenvalue weighted by Crippen LogP contribution is -2.66. The highest BCUT2D eigenvalue weighted by molar-refractivity contribution is 6.84. The fourth-order valence-electron chi connectivity index (χ4n) is 5.58. The predicted molar refractivity (Wildman–Crippen MR) is 143 cm³/mol. The van der Waals surface area contributed by atoms with Crippen LogP contribution in [0, 0.1) is 6.92 Å². The molecule has 2 aliphatic rings. The van der Waals surface area contributed by atoms with E-state index in [1.165, 1.54) is 10.8 Å². The molecule has 0 saturated carbocycles. The molecule has 0 aromatic carbocycles. The van der Waals surface area contributed by atoms with Crippen molar-refractivity contribution >= 4 is 23.1 Å². The van der Waals surface area contributed by atoms with E-state index < -0.39 is 58.9 Å². The number of carbonyl (C=O) groups excluding carboxylic acids is 1. The van der Waals surface area contributed by atoms with Crippen molar-refractivity contribution in [2.45, 2.75) is 115 Å². The summed E-state index contributed by atoms with van der Waals surface area (Å²) in [6.45, 7) is 18.5. The van der Waals surface area contributed by atoms with Crippen LogP contribution >= 0.6 is 0 Å². The van der Waals surface area contributed by atoms with Gasteiger partial charge < -0.3 is 32.3 Å². The largest absolute Gasteiger partial charge is 0.550 e. The lowest BCUT2D eigenvalue weighted by Gasteiger charge is -2.51. The van der Waals surface area contributed by atoms with Gasteiger partial charge in [0.05, 0.1) is 13.2 Å². The molecule has 0 bridgehead atoms. The number of ether oxygens (including phenoxy) is 2. The van der Waals surface area contributed by atoms with Gasteiger partial charge in [0, 0.05) is 24.2 Å². The number of hydrogen-bond acceptors (Lipinski definition) is 9. The van der Waals surface area contributed by atoms with Crippen LogP contribution in [-0.2, 0) is 27.2 Å². The Kier molecular flexibility index (Phi) is 9.65. The number of nitrogens with zero attached hydrogens (tertiary/aromatic N) is 1. The van der Waals surface area contributed by atoms with Crippen molar-refractivity contribution in [2.75, 3.05) is 13.2 Å². The van der Waals surface area contributed by atoms with Crippen LogP contribution < -0.4 is 16.4 Å². The SMILES string of the molecule is Cc1cn([C@@H]2O[C@@H]3CO[Si](C(C)C)(C(C)C)O[Si](C(C)C)(C(C)C)OC3[C@@H]2OCCC(=O)[O-])c(=O)[nH]c1=O. The molecule has 13 heteroatoms. The van der Waals surface area contributed by atoms with Gasteiger partial charge in [-0.15, -0.1) is 0 Å². The molecule has 3 rings (SSSR count). The molecule has 1 aromatic heterocycles. The Morgan fingerprint density at radius 2 is 1.66 bits per heavy atom. The highest BCUT2D eigenvalue weighted by Gasteiger charge is 2.62. The van der Waals surface area contributed by atoms with Gasteiger partial charge in [-0.2, -0.15) is 0 Å². The van der Waals surface area contributed by atoms with Crippen LogP contribution in [0.4, 0.5) is 0 Å². The molecule has 3 heterocycles. The molecule has 2 fully saturated rings. The Morgan fingerprint density at radius 1 is 1.08 bits per heavy atom. The minimum absolute atomic E-state index is 0.0511. The van der Waals surface area contributed by atoms with Crippen molar-refractivity contribution < 1.29 is 32.3 Å². The van der Waals surface area contributed by atoms with Gasteiger partial charge in [-0.3, -0.25) is 14.3 Å². The quantitative estimate of drug-likeness (QED) is 0.442. The van der Waals surface area contributed by atoms with Crippen LogP contribution in [0.25, 0.3) is 0 Å². The maximum atomic E-state index is 12.9. The minimum Gasteiger partial charge on any atom is -0.550 e. The zero-order valence-corrected chi connectivity index (χ0v) is 25.9. The van der Waals surface area contributed by atoms with Gasteiger partial charge in [-0.1, -0.05) is 55.4 Å². The molecule has 4 atom stereocenters. The maximum absolute atomic E-state index is 12.9. The molecular formula is C25H43N2O9Si2-. The second kappa shape index (κ2) is 11.9. The number of aromatic amines is 1. The van der Waals surface area contributed by atoms with E-state index in [0.717, 1.165) is 0 Å². The average Bonchev–Trinajstić information content (AvgIpc) is 3.11. The third kappa shape index (κ3) is 5.79. The molecule has 0 aliphatic carbocycles. The summed E-state index contributed by atoms with van der Waals surface area (Å²) in [6.07, 6.45) is -2.04. The van der Waals surface area contributed by atoms with E-state index in [4.69, 9.17) is 22.4 Å². The molecule has 0 amide bonds. The van der Waals surface area contributed by atoms with Gasteiger partial charge in [0.25, 0.3) is 5.56 Å². The van der Waals surface area contributed by atoms with E-state index in [9.17, 15) is 19.5 Å². The summed E-state index contributed by atoms with van der Waals surface area (Å²) in [4.78, 5) is 38.4. The number of aryl methyl sites for hydroxylation is 1. The molecule has 38 heavy (non-hydrogen) atoms. The number of hydrogen-bond donors (Lipinski definition) is 1. The Bertz CT molecular complexity index is 1090. The molecular weight excluding hydrogens is 528 g/mol. The normalized spacial score (nSPS) is 27.1. The molecule has 2 saturated heterocycles. The van der Waals surface area contributed by atoms with Gasteiger partial charge in [0.1, 0.15) is 18.3 Å². The topological polar surface area (TPSA) is 141 Å². The standard InChI is InChI=1S/C25H44N2O9Si2/c1-14(2)37(15(3)4)33-13-19-21(35-38(36-37,16(5)6)17(7)8)22(32-11-10-20(28)29)24(34-19)27-12-18(9)23(30)26-25(27)31/h12,14-17,19,21-22,24H,10-11,13H2,1-9H3,(H,28,29)(H,26,30,31)/p-1/t19-,21?,22+,24-/m1/s1. The first kappa shape index (κ1) is 30.9. The van der Waals surface area contributed by atoms with Crippen LogP contribution in [-0.4, -0.2) is 64.2 Å². The van der Waals surface area contributed by atoms with Crippen LogP contribution in [0.1, 0.15) is 73.6 Å². The van der Waals surface area contributed by atoms with Crippen LogP contribution in [0.3, 0.4) is 0 Å². The lowest BCUT2D eigenvalue weighted by atomic mass is 10.1. The summed E-state index contributed by atoms with van der Waals surface area (Å²) in [5.74, 6) is -1.25. The Balaban J connectivity index is 2.15. The number of carbonyl (C=O) groups is 1. The molecule has 0 radical (unpaired) electrons. The molecule has 2 aliphatic heterocycles. The van der Waals surface area contributed by atoms with Crippen molar-refractivity contribution in [3.8, 4) is 0 Å². The van der Waals surface area contributed by atoms with E-state index in [-0.39, 0.29) is 41.8 Å². The highest BCUT2D eigenvalue weighted by atomic mass is 28.5. The number of carboxylic acid groups (broad SMARTS) is 1. The van der Waals surface area contributed by atoms with E-state index in [0.29, 0.717) is 5.56 Å². The first-order valence-electron chi connectivity index (χ1n) is 13.5. The van der Waals surface area contributed by atoms with Gasteiger partial charge >= 0.3 is 22.8 Å². The summed E-state index contributed by atoms with van der Waals surface area (Å²) in [5.41, 5.74) is -0.438. The summed E-state index contributed by atoms with van der Waals surface area (Å²) < 4.78 is 34.8. The fraction of sp³-hybridized carbons (Fsp3) is 0.800. The zero-order valence-electron chi connectivity index (χ0n) is 23.9. The number of nitrogens with one attached hydrogen (secondary N) is 1. The van der Waals surface area contributed by atoms with Gasteiger partial charge in [0.15, 0.2) is 6.23 Å². The Labute approximate surface area is 226 Å². The zero-order chi connectivity index (χ0) is 28.6. The number of carboxylic acids is 1. The average molecular weight is 572 g/mol. The number of aromatic nitrogens is 2. The number of H-pyrrole nitrogens is 1. The van der Waals surface area contributed by atoms with Crippen molar-refractivity contribution in [2.24, 2.45) is 0 Å². The lowest BCUT2D eigenvalue weighted by molar-refractivity contribution is -0.306. The van der Waals surface area contributed by atoms with E-state index in [2.05, 4.69) is 60.4 Å². The minimum atomic E-state index is -3.03. The van der Waals surface area contributed by atoms with Crippen molar-refractivity contribution in [1.29, 1.82) is 0 Å². The third-order valence-corrected chi connectivity index (χ3v) is 17.9. The summed E-state index contributed by atoms with van der Waals surface area (Å²) in [6, 6.07) is 0. The smallest absolute Gasteiger partial charge is 0.335 e. The Morgan fingerprint density at radius 3 is 2.18 bits per heavy atom. The molecule has 1 N–H and O–H groups in total. The maximum Gasteiger partial charge on any atom is 0.335 e. The highest BCUT2D eigenvalue weighted by Crippen LogP contribution is 2.48. The van der Waals surface area contributed by atoms with Crippen molar-refractivity contribution in [1.82, 2.24) is 9.55 Å². The second-order valence-corrected chi connectivity index (χ2v) is 20.4. The van der Waals surface area contributed by atoms with E-state index in [1.807, 2.05) is 0 Å². The van der Waals surface area contributed by atoms with Crippen LogP contribution in [0.5, 0.6) is 0 Å². The molecule has 1 aromatic rings. The Hall–Kier alpha value is -1.62. The first-order valence-corrected chi connectivity index (χ1v) is 17.4. The van der Waals surface area contributed by atoms with Crippen molar-refractivity contribution in [3.05, 3.63) is 32.6 Å². The predicted octanol–water partition coefficient (Wildman–Crippen LogP) is 2.22. The molecule has 216 valence electrons. The number of rotatable bonds is 9. The van der Waals surface area contributed by atoms with Gasteiger partial charge in [-0.25, -0.2) is 4.79 Å². The molecule has 0 spiro atoms. The second-order valence-electron chi connectivity index (χ2n) is 11.6. The van der Waals surface area contributed by atoms with Gasteiger partial charge in [0.2, 0.25) is 0 Å².